The molecule has 1 heterocycles. The Kier molecular flexibility index (Phi) is 3.78. The van der Waals surface area contributed by atoms with Crippen molar-refractivity contribution in [1.29, 1.82) is 0 Å². The van der Waals surface area contributed by atoms with Gasteiger partial charge < -0.3 is 4.57 Å². The van der Waals surface area contributed by atoms with Crippen LogP contribution in [0.25, 0.3) is 21.8 Å². The first-order chi connectivity index (χ1) is 9.72. The first-order valence-electron chi connectivity index (χ1n) is 6.93. The molecule has 3 aromatic rings. The zero-order valence-electron chi connectivity index (χ0n) is 11.4. The average Bonchev–Trinajstić information content (AvgIpc) is 2.48. The van der Waals surface area contributed by atoms with Gasteiger partial charge in [0.05, 0.1) is 11.0 Å². The summed E-state index contributed by atoms with van der Waals surface area (Å²) in [6, 6.07) is 14.0. The molecule has 0 N–H and O–H groups in total. The molecule has 0 bridgehead atoms. The fourth-order valence-electron chi connectivity index (χ4n) is 2.66. The molecule has 0 saturated heterocycles. The lowest BCUT2D eigenvalue weighted by molar-refractivity contribution is 0.662. The summed E-state index contributed by atoms with van der Waals surface area (Å²) in [6.07, 6.45) is 2.26. The standard InChI is InChI=1S/C17H16INO/c1-2-3-10-19-15-7-5-4-6-13(15)17(20)14-11-12(18)8-9-16(14)19/h4-9,11H,2-3,10H2,1H3. The molecule has 0 saturated carbocycles. The van der Waals surface area contributed by atoms with E-state index in [1.54, 1.807) is 0 Å². The fraction of sp³-hybridized carbons (Fsp3) is 0.235. The minimum absolute atomic E-state index is 0.141. The van der Waals surface area contributed by atoms with Crippen molar-refractivity contribution in [3.05, 3.63) is 56.3 Å². The zero-order valence-corrected chi connectivity index (χ0v) is 13.6. The molecule has 0 atom stereocenters. The summed E-state index contributed by atoms with van der Waals surface area (Å²) in [7, 11) is 0. The molecule has 20 heavy (non-hydrogen) atoms. The molecule has 0 spiro atoms. The van der Waals surface area contributed by atoms with Gasteiger partial charge in [-0.25, -0.2) is 0 Å². The molecule has 0 aliphatic carbocycles. The third kappa shape index (κ3) is 2.24. The average molecular weight is 377 g/mol. The van der Waals surface area contributed by atoms with Crippen molar-refractivity contribution >= 4 is 44.4 Å². The highest BCUT2D eigenvalue weighted by Crippen LogP contribution is 2.21. The number of hydrogen-bond donors (Lipinski definition) is 0. The van der Waals surface area contributed by atoms with E-state index in [9.17, 15) is 4.79 Å². The van der Waals surface area contributed by atoms with Crippen LogP contribution in [0.3, 0.4) is 0 Å². The molecule has 0 radical (unpaired) electrons. The zero-order chi connectivity index (χ0) is 14.1. The SMILES string of the molecule is CCCCn1c2ccccc2c(=O)c2cc(I)ccc21. The molecule has 2 aromatic carbocycles. The number of para-hydroxylation sites is 1. The van der Waals surface area contributed by atoms with Gasteiger partial charge in [-0.1, -0.05) is 25.5 Å². The van der Waals surface area contributed by atoms with E-state index in [0.717, 1.165) is 44.8 Å². The van der Waals surface area contributed by atoms with E-state index >= 15 is 0 Å². The lowest BCUT2D eigenvalue weighted by Crippen LogP contribution is -2.11. The van der Waals surface area contributed by atoms with E-state index in [0.29, 0.717) is 0 Å². The summed E-state index contributed by atoms with van der Waals surface area (Å²) in [4.78, 5) is 12.6. The van der Waals surface area contributed by atoms with Crippen molar-refractivity contribution in [3.63, 3.8) is 0 Å². The maximum Gasteiger partial charge on any atom is 0.197 e. The first kappa shape index (κ1) is 13.6. The second kappa shape index (κ2) is 5.56. The number of nitrogens with zero attached hydrogens (tertiary/aromatic N) is 1. The smallest absolute Gasteiger partial charge is 0.197 e. The molecule has 102 valence electrons. The Morgan fingerprint density at radius 2 is 1.80 bits per heavy atom. The van der Waals surface area contributed by atoms with Gasteiger partial charge in [-0.05, 0) is 59.3 Å². The summed E-state index contributed by atoms with van der Waals surface area (Å²) >= 11 is 2.26. The molecule has 0 fully saturated rings. The maximum absolute atomic E-state index is 12.6. The number of halogens is 1. The van der Waals surface area contributed by atoms with Crippen molar-refractivity contribution in [3.8, 4) is 0 Å². The highest BCUT2D eigenvalue weighted by atomic mass is 127. The normalized spacial score (nSPS) is 11.3. The summed E-state index contributed by atoms with van der Waals surface area (Å²) in [6.45, 7) is 3.14. The van der Waals surface area contributed by atoms with Crippen LogP contribution in [0.5, 0.6) is 0 Å². The van der Waals surface area contributed by atoms with Crippen LogP contribution in [0.1, 0.15) is 19.8 Å². The van der Waals surface area contributed by atoms with Crippen LogP contribution < -0.4 is 5.43 Å². The number of hydrogen-bond acceptors (Lipinski definition) is 1. The summed E-state index contributed by atoms with van der Waals surface area (Å²) < 4.78 is 3.38. The number of rotatable bonds is 3. The Morgan fingerprint density at radius 1 is 1.05 bits per heavy atom. The topological polar surface area (TPSA) is 22.0 Å². The monoisotopic (exact) mass is 377 g/mol. The van der Waals surface area contributed by atoms with Gasteiger partial charge in [0.1, 0.15) is 0 Å². The number of benzene rings is 2. The van der Waals surface area contributed by atoms with Crippen LogP contribution in [0.15, 0.2) is 47.3 Å². The summed E-state index contributed by atoms with van der Waals surface area (Å²) in [5.41, 5.74) is 2.23. The number of unbranched alkanes of at least 4 members (excludes halogenated alkanes) is 1. The molecule has 0 aliphatic heterocycles. The lowest BCUT2D eigenvalue weighted by Gasteiger charge is -2.15. The molecule has 0 unspecified atom stereocenters. The van der Waals surface area contributed by atoms with Crippen molar-refractivity contribution in [2.45, 2.75) is 26.3 Å². The van der Waals surface area contributed by atoms with Crippen LogP contribution in [0, 0.1) is 3.57 Å². The third-order valence-corrected chi connectivity index (χ3v) is 4.34. The van der Waals surface area contributed by atoms with Crippen molar-refractivity contribution in [2.75, 3.05) is 0 Å². The molecule has 3 heteroatoms. The van der Waals surface area contributed by atoms with Crippen molar-refractivity contribution in [1.82, 2.24) is 4.57 Å². The minimum Gasteiger partial charge on any atom is -0.340 e. The Hall–Kier alpha value is -1.36. The minimum atomic E-state index is 0.141. The van der Waals surface area contributed by atoms with Crippen LogP contribution in [-0.2, 0) is 6.54 Å². The molecule has 0 aliphatic rings. The predicted molar refractivity (Wildman–Crippen MR) is 93.3 cm³/mol. The van der Waals surface area contributed by atoms with Crippen LogP contribution >= 0.6 is 22.6 Å². The van der Waals surface area contributed by atoms with E-state index in [-0.39, 0.29) is 5.43 Å². The Bertz CT molecular complexity index is 835. The van der Waals surface area contributed by atoms with Crippen molar-refractivity contribution in [2.24, 2.45) is 0 Å². The fourth-order valence-corrected chi connectivity index (χ4v) is 3.15. The number of pyridine rings is 1. The first-order valence-corrected chi connectivity index (χ1v) is 8.01. The largest absolute Gasteiger partial charge is 0.340 e. The van der Waals surface area contributed by atoms with E-state index in [1.165, 1.54) is 0 Å². The van der Waals surface area contributed by atoms with Crippen LogP contribution in [0.2, 0.25) is 0 Å². The van der Waals surface area contributed by atoms with Gasteiger partial charge in [0, 0.05) is 20.9 Å². The molecular weight excluding hydrogens is 361 g/mol. The molecular formula is C17H16INO. The Morgan fingerprint density at radius 3 is 2.60 bits per heavy atom. The highest BCUT2D eigenvalue weighted by molar-refractivity contribution is 14.1. The number of aromatic nitrogens is 1. The van der Waals surface area contributed by atoms with Gasteiger partial charge in [0.25, 0.3) is 0 Å². The quantitative estimate of drug-likeness (QED) is 0.485. The predicted octanol–water partition coefficient (Wildman–Crippen LogP) is 4.56. The van der Waals surface area contributed by atoms with Crippen molar-refractivity contribution < 1.29 is 0 Å². The Labute approximate surface area is 131 Å². The van der Waals surface area contributed by atoms with Gasteiger partial charge >= 0.3 is 0 Å². The Balaban J connectivity index is 2.46. The van der Waals surface area contributed by atoms with Crippen LogP contribution in [-0.4, -0.2) is 4.57 Å². The summed E-state index contributed by atoms with van der Waals surface area (Å²) in [5, 5.41) is 1.64. The number of aryl methyl sites for hydroxylation is 1. The van der Waals surface area contributed by atoms with E-state index in [2.05, 4.69) is 46.2 Å². The molecule has 3 rings (SSSR count). The molecule has 0 amide bonds. The third-order valence-electron chi connectivity index (χ3n) is 3.67. The van der Waals surface area contributed by atoms with Gasteiger partial charge in [0.2, 0.25) is 0 Å². The van der Waals surface area contributed by atoms with Gasteiger partial charge in [-0.2, -0.15) is 0 Å². The second-order valence-electron chi connectivity index (χ2n) is 5.01. The molecule has 2 nitrogen and oxygen atoms in total. The summed E-state index contributed by atoms with van der Waals surface area (Å²) in [5.74, 6) is 0. The number of fused-ring (bicyclic) bond motifs is 2. The van der Waals surface area contributed by atoms with Gasteiger partial charge in [0.15, 0.2) is 5.43 Å². The van der Waals surface area contributed by atoms with Gasteiger partial charge in [-0.15, -0.1) is 0 Å². The van der Waals surface area contributed by atoms with E-state index in [1.807, 2.05) is 30.3 Å². The van der Waals surface area contributed by atoms with E-state index in [4.69, 9.17) is 0 Å². The molecule has 1 aromatic heterocycles. The van der Waals surface area contributed by atoms with E-state index < -0.39 is 0 Å². The lowest BCUT2D eigenvalue weighted by atomic mass is 10.1. The van der Waals surface area contributed by atoms with Gasteiger partial charge in [-0.3, -0.25) is 4.79 Å². The maximum atomic E-state index is 12.6. The second-order valence-corrected chi connectivity index (χ2v) is 6.26. The van der Waals surface area contributed by atoms with Crippen LogP contribution in [0.4, 0.5) is 0 Å². The highest BCUT2D eigenvalue weighted by Gasteiger charge is 2.10.